The molecule has 1 saturated carbocycles. The number of likely N-dealkylation sites (tertiary alicyclic amines) is 1. The Morgan fingerprint density at radius 2 is 1.64 bits per heavy atom. The molecule has 1 saturated heterocycles. The third kappa shape index (κ3) is 6.49. The molecule has 0 aromatic carbocycles. The van der Waals surface area contributed by atoms with Crippen molar-refractivity contribution >= 4 is 12.0 Å². The average molecular weight is 354 g/mol. The van der Waals surface area contributed by atoms with E-state index in [0.717, 1.165) is 25.9 Å². The maximum absolute atomic E-state index is 12.2. The lowest BCUT2D eigenvalue weighted by molar-refractivity contribution is -0.142. The number of nitrogens with one attached hydrogen (secondary N) is 2. The number of carbonyl (C=O) groups excluding carboxylic acids is 1. The summed E-state index contributed by atoms with van der Waals surface area (Å²) in [6.45, 7) is 7.38. The van der Waals surface area contributed by atoms with Gasteiger partial charge in [0.1, 0.15) is 0 Å². The van der Waals surface area contributed by atoms with Crippen LogP contribution < -0.4 is 10.6 Å². The van der Waals surface area contributed by atoms with E-state index in [-0.39, 0.29) is 18.0 Å². The summed E-state index contributed by atoms with van der Waals surface area (Å²) in [5, 5.41) is 15.1. The molecule has 6 nitrogen and oxygen atoms in total. The normalized spacial score (nSPS) is 26.7. The average Bonchev–Trinajstić information content (AvgIpc) is 2.84. The number of urea groups is 1. The number of carbonyl (C=O) groups is 2. The predicted octanol–water partition coefficient (Wildman–Crippen LogP) is 2.83. The van der Waals surface area contributed by atoms with Crippen LogP contribution in [0.2, 0.25) is 0 Å². The number of nitrogens with zero attached hydrogens (tertiary/aromatic N) is 1. The minimum atomic E-state index is -0.708. The molecule has 1 heterocycles. The van der Waals surface area contributed by atoms with Crippen LogP contribution in [0.3, 0.4) is 0 Å². The molecule has 1 unspecified atom stereocenters. The van der Waals surface area contributed by atoms with E-state index in [1.165, 1.54) is 25.7 Å². The number of carboxylic acids is 1. The van der Waals surface area contributed by atoms with Gasteiger partial charge in [-0.3, -0.25) is 9.69 Å². The maximum Gasteiger partial charge on any atom is 0.315 e. The smallest absolute Gasteiger partial charge is 0.315 e. The van der Waals surface area contributed by atoms with Crippen molar-refractivity contribution in [3.05, 3.63) is 0 Å². The molecule has 1 aliphatic carbocycles. The molecule has 25 heavy (non-hydrogen) atoms. The second-order valence-corrected chi connectivity index (χ2v) is 8.00. The Morgan fingerprint density at radius 3 is 2.16 bits per heavy atom. The van der Waals surface area contributed by atoms with Crippen LogP contribution in [0, 0.1) is 11.8 Å². The van der Waals surface area contributed by atoms with Crippen LogP contribution in [-0.4, -0.2) is 53.7 Å². The lowest BCUT2D eigenvalue weighted by Gasteiger charge is -2.34. The topological polar surface area (TPSA) is 81.7 Å². The van der Waals surface area contributed by atoms with Crippen LogP contribution in [0.15, 0.2) is 0 Å². The summed E-state index contributed by atoms with van der Waals surface area (Å²) in [5.74, 6) is -0.445. The first-order valence-corrected chi connectivity index (χ1v) is 9.98. The van der Waals surface area contributed by atoms with Gasteiger partial charge in [-0.25, -0.2) is 4.79 Å². The Balaban J connectivity index is 1.74. The van der Waals surface area contributed by atoms with Gasteiger partial charge in [-0.15, -0.1) is 0 Å². The van der Waals surface area contributed by atoms with Crippen molar-refractivity contribution in [2.45, 2.75) is 77.3 Å². The third-order valence-corrected chi connectivity index (χ3v) is 5.76. The predicted molar refractivity (Wildman–Crippen MR) is 98.6 cm³/mol. The lowest BCUT2D eigenvalue weighted by Crippen LogP contribution is -2.51. The quantitative estimate of drug-likeness (QED) is 0.686. The van der Waals surface area contributed by atoms with E-state index in [9.17, 15) is 9.59 Å². The fourth-order valence-corrected chi connectivity index (χ4v) is 4.13. The van der Waals surface area contributed by atoms with Gasteiger partial charge in [0.25, 0.3) is 0 Å². The first-order valence-electron chi connectivity index (χ1n) is 9.98. The minimum absolute atomic E-state index is 0.103. The first-order chi connectivity index (χ1) is 12.0. The van der Waals surface area contributed by atoms with Gasteiger partial charge < -0.3 is 15.7 Å². The molecule has 2 amide bonds. The van der Waals surface area contributed by atoms with Crippen molar-refractivity contribution in [3.63, 3.8) is 0 Å². The van der Waals surface area contributed by atoms with E-state index >= 15 is 0 Å². The first kappa shape index (κ1) is 20.0. The number of hydrogen-bond acceptors (Lipinski definition) is 3. The van der Waals surface area contributed by atoms with Crippen LogP contribution in [0.1, 0.15) is 65.2 Å². The van der Waals surface area contributed by atoms with Gasteiger partial charge in [-0.1, -0.05) is 26.7 Å². The summed E-state index contributed by atoms with van der Waals surface area (Å²) in [6.07, 6.45) is 7.95. The Labute approximate surface area is 151 Å². The molecule has 0 spiro atoms. The second kappa shape index (κ2) is 10.00. The van der Waals surface area contributed by atoms with Crippen molar-refractivity contribution in [3.8, 4) is 0 Å². The monoisotopic (exact) mass is 353 g/mol. The van der Waals surface area contributed by atoms with Gasteiger partial charge in [-0.05, 0) is 57.5 Å². The van der Waals surface area contributed by atoms with Gasteiger partial charge in [0.2, 0.25) is 0 Å². The molecule has 3 N–H and O–H groups in total. The molecular weight excluding hydrogens is 318 g/mol. The fraction of sp³-hybridized carbons (Fsp3) is 0.895. The summed E-state index contributed by atoms with van der Waals surface area (Å²) >= 11 is 0. The van der Waals surface area contributed by atoms with E-state index in [0.29, 0.717) is 31.3 Å². The number of aliphatic carboxylic acids is 1. The highest BCUT2D eigenvalue weighted by molar-refractivity contribution is 5.74. The zero-order valence-corrected chi connectivity index (χ0v) is 15.8. The fourth-order valence-electron chi connectivity index (χ4n) is 4.13. The van der Waals surface area contributed by atoms with Crippen LogP contribution in [0.25, 0.3) is 0 Å². The number of carboxylic acid groups (broad SMARTS) is 1. The second-order valence-electron chi connectivity index (χ2n) is 8.00. The number of amides is 2. The maximum atomic E-state index is 12.2. The molecule has 2 aliphatic rings. The van der Waals surface area contributed by atoms with Crippen LogP contribution in [0.5, 0.6) is 0 Å². The molecule has 144 valence electrons. The molecular formula is C19H35N3O3. The highest BCUT2D eigenvalue weighted by atomic mass is 16.4. The van der Waals surface area contributed by atoms with E-state index < -0.39 is 5.97 Å². The van der Waals surface area contributed by atoms with Crippen LogP contribution in [0.4, 0.5) is 4.79 Å². The van der Waals surface area contributed by atoms with E-state index in [1.807, 2.05) is 0 Å². The van der Waals surface area contributed by atoms with E-state index in [1.54, 1.807) is 0 Å². The standard InChI is InChI=1S/C19H35N3O3/c1-14(2)17(22-11-5-3-4-6-12-22)13-20-19(25)21-16-9-7-15(8-10-16)18(23)24/h14-17H,3-13H2,1-2H3,(H,23,24)(H2,20,21,25). The van der Waals surface area contributed by atoms with E-state index in [4.69, 9.17) is 5.11 Å². The summed E-state index contributed by atoms with van der Waals surface area (Å²) in [6, 6.07) is 0.372. The largest absolute Gasteiger partial charge is 0.481 e. The summed E-state index contributed by atoms with van der Waals surface area (Å²) in [5.41, 5.74) is 0. The molecule has 2 rings (SSSR count). The van der Waals surface area contributed by atoms with E-state index in [2.05, 4.69) is 29.4 Å². The zero-order chi connectivity index (χ0) is 18.2. The van der Waals surface area contributed by atoms with Crippen molar-refractivity contribution in [1.29, 1.82) is 0 Å². The Bertz CT molecular complexity index is 426. The minimum Gasteiger partial charge on any atom is -0.481 e. The highest BCUT2D eigenvalue weighted by Crippen LogP contribution is 2.24. The third-order valence-electron chi connectivity index (χ3n) is 5.76. The van der Waals surface area contributed by atoms with Crippen LogP contribution >= 0.6 is 0 Å². The Kier molecular flexibility index (Phi) is 8.00. The molecule has 0 aromatic heterocycles. The Morgan fingerprint density at radius 1 is 1.04 bits per heavy atom. The molecule has 2 fully saturated rings. The molecule has 1 atom stereocenters. The number of hydrogen-bond donors (Lipinski definition) is 3. The molecule has 0 aromatic rings. The summed E-state index contributed by atoms with van der Waals surface area (Å²) in [4.78, 5) is 25.8. The van der Waals surface area contributed by atoms with Gasteiger partial charge in [0.05, 0.1) is 5.92 Å². The van der Waals surface area contributed by atoms with Crippen molar-refractivity contribution in [1.82, 2.24) is 15.5 Å². The zero-order valence-electron chi connectivity index (χ0n) is 15.8. The number of rotatable bonds is 6. The van der Waals surface area contributed by atoms with Crippen molar-refractivity contribution < 1.29 is 14.7 Å². The van der Waals surface area contributed by atoms with Crippen molar-refractivity contribution in [2.75, 3.05) is 19.6 Å². The Hall–Kier alpha value is -1.30. The van der Waals surface area contributed by atoms with Gasteiger partial charge in [0.15, 0.2) is 0 Å². The lowest BCUT2D eigenvalue weighted by atomic mass is 9.86. The summed E-state index contributed by atoms with van der Waals surface area (Å²) in [7, 11) is 0. The van der Waals surface area contributed by atoms with Gasteiger partial charge in [-0.2, -0.15) is 0 Å². The van der Waals surface area contributed by atoms with Crippen molar-refractivity contribution in [2.24, 2.45) is 11.8 Å². The molecule has 0 bridgehead atoms. The molecule has 6 heteroatoms. The SMILES string of the molecule is CC(C)C(CNC(=O)NC1CCC(C(=O)O)CC1)N1CCCCCC1. The highest BCUT2D eigenvalue weighted by Gasteiger charge is 2.27. The molecule has 1 aliphatic heterocycles. The van der Waals surface area contributed by atoms with Gasteiger partial charge >= 0.3 is 12.0 Å². The van der Waals surface area contributed by atoms with Crippen LogP contribution in [-0.2, 0) is 4.79 Å². The molecule has 0 radical (unpaired) electrons. The van der Waals surface area contributed by atoms with Gasteiger partial charge in [0, 0.05) is 18.6 Å². The summed E-state index contributed by atoms with van der Waals surface area (Å²) < 4.78 is 0.